The lowest BCUT2D eigenvalue weighted by Gasteiger charge is -1.85. The van der Waals surface area contributed by atoms with Crippen LogP contribution in [0.15, 0.2) is 22.8 Å². The molecule has 1 aromatic rings. The highest BCUT2D eigenvalue weighted by Gasteiger charge is 1.91. The second kappa shape index (κ2) is 4.24. The van der Waals surface area contributed by atoms with Gasteiger partial charge in [-0.3, -0.25) is 0 Å². The molecular weight excluding hydrogens is 156 g/mol. The van der Waals surface area contributed by atoms with Gasteiger partial charge in [0, 0.05) is 5.92 Å². The lowest BCUT2D eigenvalue weighted by Crippen LogP contribution is -1.94. The number of carbonyl (C=O) groups excluding carboxylic acids is 1. The Morgan fingerprint density at radius 3 is 3.17 bits per heavy atom. The van der Waals surface area contributed by atoms with E-state index in [-0.39, 0.29) is 0 Å². The topological polar surface area (TPSA) is 39.4 Å². The van der Waals surface area contributed by atoms with Crippen molar-refractivity contribution in [2.75, 3.05) is 7.11 Å². The van der Waals surface area contributed by atoms with Crippen LogP contribution in [-0.4, -0.2) is 13.1 Å². The van der Waals surface area contributed by atoms with Crippen LogP contribution in [0, 0.1) is 11.8 Å². The van der Waals surface area contributed by atoms with Crippen molar-refractivity contribution < 1.29 is 13.9 Å². The van der Waals surface area contributed by atoms with Crippen molar-refractivity contribution in [2.45, 2.75) is 6.42 Å². The van der Waals surface area contributed by atoms with Crippen molar-refractivity contribution in [3.63, 3.8) is 0 Å². The molecule has 0 amide bonds. The van der Waals surface area contributed by atoms with E-state index in [0.717, 1.165) is 5.76 Å². The first-order valence-corrected chi connectivity index (χ1v) is 3.42. The molecule has 3 heteroatoms. The Hall–Kier alpha value is -1.69. The van der Waals surface area contributed by atoms with Gasteiger partial charge in [0.05, 0.1) is 19.8 Å². The first-order valence-electron chi connectivity index (χ1n) is 3.42. The number of carbonyl (C=O) groups is 1. The average molecular weight is 164 g/mol. The van der Waals surface area contributed by atoms with E-state index >= 15 is 0 Å². The summed E-state index contributed by atoms with van der Waals surface area (Å²) < 4.78 is 9.32. The molecule has 62 valence electrons. The molecule has 12 heavy (non-hydrogen) atoms. The zero-order valence-corrected chi connectivity index (χ0v) is 6.66. The monoisotopic (exact) mass is 164 g/mol. The largest absolute Gasteiger partial charge is 0.468 e. The predicted octanol–water partition coefficient (Wildman–Crippen LogP) is 0.999. The van der Waals surface area contributed by atoms with Crippen molar-refractivity contribution >= 4 is 5.97 Å². The highest BCUT2D eigenvalue weighted by molar-refractivity contribution is 5.88. The van der Waals surface area contributed by atoms with Crippen LogP contribution in [0.4, 0.5) is 0 Å². The maximum Gasteiger partial charge on any atom is 0.384 e. The number of furan rings is 1. The maximum atomic E-state index is 10.5. The zero-order valence-electron chi connectivity index (χ0n) is 6.66. The Balaban J connectivity index is 2.43. The first kappa shape index (κ1) is 8.41. The number of ether oxygens (including phenoxy) is 1. The summed E-state index contributed by atoms with van der Waals surface area (Å²) in [4.78, 5) is 10.5. The Labute approximate surface area is 70.3 Å². The van der Waals surface area contributed by atoms with Gasteiger partial charge in [0.1, 0.15) is 5.76 Å². The second-order valence-electron chi connectivity index (χ2n) is 2.05. The fourth-order valence-electron chi connectivity index (χ4n) is 0.668. The molecule has 0 saturated heterocycles. The van der Waals surface area contributed by atoms with Crippen LogP contribution in [-0.2, 0) is 16.0 Å². The van der Waals surface area contributed by atoms with E-state index in [2.05, 4.69) is 16.6 Å². The molecule has 0 spiro atoms. The van der Waals surface area contributed by atoms with Gasteiger partial charge in [-0.1, -0.05) is 5.92 Å². The molecule has 0 N–H and O–H groups in total. The van der Waals surface area contributed by atoms with E-state index in [1.165, 1.54) is 7.11 Å². The number of rotatable bonds is 1. The molecule has 0 aliphatic heterocycles. The summed E-state index contributed by atoms with van der Waals surface area (Å²) in [5.41, 5.74) is 0. The van der Waals surface area contributed by atoms with Gasteiger partial charge in [0.15, 0.2) is 0 Å². The number of hydrogen-bond donors (Lipinski definition) is 0. The Kier molecular flexibility index (Phi) is 2.97. The summed E-state index contributed by atoms with van der Waals surface area (Å²) in [5.74, 6) is 5.14. The normalized spacial score (nSPS) is 8.42. The van der Waals surface area contributed by atoms with E-state index in [1.54, 1.807) is 18.4 Å². The second-order valence-corrected chi connectivity index (χ2v) is 2.05. The molecule has 1 rings (SSSR count). The van der Waals surface area contributed by atoms with Crippen LogP contribution in [0.2, 0.25) is 0 Å². The smallest absolute Gasteiger partial charge is 0.384 e. The summed E-state index contributed by atoms with van der Waals surface area (Å²) >= 11 is 0. The van der Waals surface area contributed by atoms with E-state index < -0.39 is 5.97 Å². The van der Waals surface area contributed by atoms with Crippen molar-refractivity contribution in [3.8, 4) is 11.8 Å². The molecule has 0 radical (unpaired) electrons. The molecular formula is C9H8O3. The third-order valence-electron chi connectivity index (χ3n) is 1.22. The third kappa shape index (κ3) is 2.51. The Morgan fingerprint density at radius 2 is 2.58 bits per heavy atom. The predicted molar refractivity (Wildman–Crippen MR) is 42.2 cm³/mol. The molecule has 0 atom stereocenters. The molecule has 0 bridgehead atoms. The Morgan fingerprint density at radius 1 is 1.75 bits per heavy atom. The summed E-state index contributed by atoms with van der Waals surface area (Å²) in [6, 6.07) is 3.57. The summed E-state index contributed by atoms with van der Waals surface area (Å²) in [5, 5.41) is 0. The number of methoxy groups -OCH3 is 1. The van der Waals surface area contributed by atoms with E-state index in [0.29, 0.717) is 6.42 Å². The van der Waals surface area contributed by atoms with E-state index in [1.807, 2.05) is 0 Å². The van der Waals surface area contributed by atoms with Crippen LogP contribution in [0.1, 0.15) is 5.76 Å². The van der Waals surface area contributed by atoms with Gasteiger partial charge in [0.25, 0.3) is 0 Å². The fraction of sp³-hybridized carbons (Fsp3) is 0.222. The Bertz CT molecular complexity index is 300. The van der Waals surface area contributed by atoms with E-state index in [4.69, 9.17) is 4.42 Å². The quantitative estimate of drug-likeness (QED) is 0.353. The summed E-state index contributed by atoms with van der Waals surface area (Å²) in [7, 11) is 1.30. The lowest BCUT2D eigenvalue weighted by atomic mass is 10.3. The molecule has 0 unspecified atom stereocenters. The minimum atomic E-state index is -0.526. The first-order chi connectivity index (χ1) is 5.83. The van der Waals surface area contributed by atoms with Gasteiger partial charge in [-0.15, -0.1) is 0 Å². The van der Waals surface area contributed by atoms with Crippen LogP contribution in [0.3, 0.4) is 0 Å². The summed E-state index contributed by atoms with van der Waals surface area (Å²) in [6.07, 6.45) is 2.00. The van der Waals surface area contributed by atoms with Crippen LogP contribution >= 0.6 is 0 Å². The molecule has 0 aliphatic rings. The maximum absolute atomic E-state index is 10.5. The molecule has 0 aliphatic carbocycles. The fourth-order valence-corrected chi connectivity index (χ4v) is 0.668. The zero-order chi connectivity index (χ0) is 8.81. The summed E-state index contributed by atoms with van der Waals surface area (Å²) in [6.45, 7) is 0. The van der Waals surface area contributed by atoms with Crippen molar-refractivity contribution in [2.24, 2.45) is 0 Å². The molecule has 0 saturated carbocycles. The highest BCUT2D eigenvalue weighted by atomic mass is 16.5. The molecule has 1 aromatic heterocycles. The van der Waals surface area contributed by atoms with Crippen molar-refractivity contribution in [3.05, 3.63) is 24.2 Å². The molecule has 0 fully saturated rings. The SMILES string of the molecule is COC(=O)C#CCc1ccco1. The molecule has 1 heterocycles. The van der Waals surface area contributed by atoms with Crippen LogP contribution < -0.4 is 0 Å². The van der Waals surface area contributed by atoms with Crippen molar-refractivity contribution in [1.29, 1.82) is 0 Å². The minimum Gasteiger partial charge on any atom is -0.468 e. The van der Waals surface area contributed by atoms with Crippen LogP contribution in [0.25, 0.3) is 0 Å². The van der Waals surface area contributed by atoms with Gasteiger partial charge in [0.2, 0.25) is 0 Å². The molecule has 0 aromatic carbocycles. The van der Waals surface area contributed by atoms with Gasteiger partial charge in [-0.2, -0.15) is 0 Å². The minimum absolute atomic E-state index is 0.433. The standard InChI is InChI=1S/C9H8O3/c1-11-9(10)6-2-4-8-5-3-7-12-8/h3,5,7H,4H2,1H3. The highest BCUT2D eigenvalue weighted by Crippen LogP contribution is 1.98. The van der Waals surface area contributed by atoms with E-state index in [9.17, 15) is 4.79 Å². The van der Waals surface area contributed by atoms with Crippen molar-refractivity contribution in [1.82, 2.24) is 0 Å². The van der Waals surface area contributed by atoms with Gasteiger partial charge >= 0.3 is 5.97 Å². The van der Waals surface area contributed by atoms with Gasteiger partial charge in [-0.05, 0) is 12.1 Å². The number of hydrogen-bond acceptors (Lipinski definition) is 3. The third-order valence-corrected chi connectivity index (χ3v) is 1.22. The van der Waals surface area contributed by atoms with Crippen LogP contribution in [0.5, 0.6) is 0 Å². The number of esters is 1. The lowest BCUT2D eigenvalue weighted by molar-refractivity contribution is -0.133. The average Bonchev–Trinajstić information content (AvgIpc) is 2.57. The van der Waals surface area contributed by atoms with Gasteiger partial charge in [-0.25, -0.2) is 4.79 Å². The van der Waals surface area contributed by atoms with Gasteiger partial charge < -0.3 is 9.15 Å². The molecule has 3 nitrogen and oxygen atoms in total.